The number of anilines is 2. The summed E-state index contributed by atoms with van der Waals surface area (Å²) in [5, 5.41) is 6.79. The molecule has 4 heteroatoms. The number of nitrogens with one attached hydrogen (secondary N) is 2. The van der Waals surface area contributed by atoms with Crippen LogP contribution in [0, 0.1) is 5.92 Å². The maximum atomic E-state index is 13.0. The molecule has 1 amide bonds. The number of piperidine rings is 1. The van der Waals surface area contributed by atoms with Crippen molar-refractivity contribution in [2.75, 3.05) is 31.5 Å². The molecule has 2 aromatic carbocycles. The Morgan fingerprint density at radius 3 is 2.44 bits per heavy atom. The topological polar surface area (TPSA) is 44.4 Å². The Morgan fingerprint density at radius 2 is 1.72 bits per heavy atom. The van der Waals surface area contributed by atoms with E-state index in [1.165, 1.54) is 0 Å². The fourth-order valence-electron chi connectivity index (χ4n) is 3.31. The Balaban J connectivity index is 1.67. The van der Waals surface area contributed by atoms with E-state index in [2.05, 4.69) is 17.6 Å². The van der Waals surface area contributed by atoms with Gasteiger partial charge in [-0.3, -0.25) is 4.79 Å². The lowest BCUT2D eigenvalue weighted by molar-refractivity contribution is 0.0691. The standard InChI is InChI=1S/C21H27N3O/c1-2-22-16-17-12-14-24(15-13-17)21(25)19-10-6-7-11-20(19)23-18-8-4-3-5-9-18/h3-11,17,22-23H,2,12-16H2,1H3. The summed E-state index contributed by atoms with van der Waals surface area (Å²) in [6, 6.07) is 17.8. The molecule has 1 aliphatic rings. The van der Waals surface area contributed by atoms with Crippen molar-refractivity contribution in [3.63, 3.8) is 0 Å². The van der Waals surface area contributed by atoms with Gasteiger partial charge in [0.15, 0.2) is 0 Å². The van der Waals surface area contributed by atoms with Gasteiger partial charge in [-0.05, 0) is 56.1 Å². The van der Waals surface area contributed by atoms with E-state index >= 15 is 0 Å². The lowest BCUT2D eigenvalue weighted by atomic mass is 9.96. The summed E-state index contributed by atoms with van der Waals surface area (Å²) in [5.41, 5.74) is 2.61. The van der Waals surface area contributed by atoms with Crippen molar-refractivity contribution in [1.82, 2.24) is 10.2 Å². The summed E-state index contributed by atoms with van der Waals surface area (Å²) >= 11 is 0. The van der Waals surface area contributed by atoms with Crippen molar-refractivity contribution in [2.45, 2.75) is 19.8 Å². The predicted octanol–water partition coefficient (Wildman–Crippen LogP) is 3.89. The van der Waals surface area contributed by atoms with Gasteiger partial charge in [0.1, 0.15) is 0 Å². The summed E-state index contributed by atoms with van der Waals surface area (Å²) in [4.78, 5) is 15.0. The fraction of sp³-hybridized carbons (Fsp3) is 0.381. The van der Waals surface area contributed by atoms with E-state index < -0.39 is 0 Å². The van der Waals surface area contributed by atoms with Crippen molar-refractivity contribution in [2.24, 2.45) is 5.92 Å². The molecule has 1 fully saturated rings. The van der Waals surface area contributed by atoms with Crippen LogP contribution < -0.4 is 10.6 Å². The van der Waals surface area contributed by atoms with Gasteiger partial charge in [-0.25, -0.2) is 0 Å². The Hall–Kier alpha value is -2.33. The molecule has 0 saturated carbocycles. The predicted molar refractivity (Wildman–Crippen MR) is 103 cm³/mol. The number of likely N-dealkylation sites (tertiary alicyclic amines) is 1. The summed E-state index contributed by atoms with van der Waals surface area (Å²) in [6.45, 7) is 5.89. The van der Waals surface area contributed by atoms with Crippen molar-refractivity contribution >= 4 is 17.3 Å². The second-order valence-corrected chi connectivity index (χ2v) is 6.58. The first-order valence-electron chi connectivity index (χ1n) is 9.19. The summed E-state index contributed by atoms with van der Waals surface area (Å²) < 4.78 is 0. The van der Waals surface area contributed by atoms with E-state index in [1.54, 1.807) is 0 Å². The lowest BCUT2D eigenvalue weighted by Gasteiger charge is -2.32. The number of amides is 1. The highest BCUT2D eigenvalue weighted by atomic mass is 16.2. The quantitative estimate of drug-likeness (QED) is 0.840. The van der Waals surface area contributed by atoms with Gasteiger partial charge in [-0.2, -0.15) is 0 Å². The average Bonchev–Trinajstić information content (AvgIpc) is 2.67. The van der Waals surface area contributed by atoms with Gasteiger partial charge in [0.25, 0.3) is 5.91 Å². The number of para-hydroxylation sites is 2. The monoisotopic (exact) mass is 337 g/mol. The Kier molecular flexibility index (Phi) is 6.07. The highest BCUT2D eigenvalue weighted by molar-refractivity contribution is 6.00. The zero-order valence-corrected chi connectivity index (χ0v) is 14.9. The largest absolute Gasteiger partial charge is 0.355 e. The molecule has 0 spiro atoms. The number of hydrogen-bond acceptors (Lipinski definition) is 3. The van der Waals surface area contributed by atoms with Crippen molar-refractivity contribution in [1.29, 1.82) is 0 Å². The zero-order chi connectivity index (χ0) is 17.5. The third-order valence-electron chi connectivity index (χ3n) is 4.80. The molecule has 2 aromatic rings. The summed E-state index contributed by atoms with van der Waals surface area (Å²) in [5.74, 6) is 0.808. The molecule has 2 N–H and O–H groups in total. The smallest absolute Gasteiger partial charge is 0.255 e. The Bertz CT molecular complexity index is 679. The number of rotatable bonds is 6. The molecule has 0 bridgehead atoms. The Labute approximate surface area is 150 Å². The number of carbonyl (C=O) groups is 1. The minimum atomic E-state index is 0.126. The zero-order valence-electron chi connectivity index (χ0n) is 14.9. The van der Waals surface area contributed by atoms with Crippen LogP contribution in [0.1, 0.15) is 30.1 Å². The van der Waals surface area contributed by atoms with E-state index in [1.807, 2.05) is 59.5 Å². The second-order valence-electron chi connectivity index (χ2n) is 6.58. The van der Waals surface area contributed by atoms with Gasteiger partial charge in [0.2, 0.25) is 0 Å². The van der Waals surface area contributed by atoms with Gasteiger partial charge in [-0.1, -0.05) is 37.3 Å². The highest BCUT2D eigenvalue weighted by Crippen LogP contribution is 2.24. The van der Waals surface area contributed by atoms with Crippen molar-refractivity contribution in [3.05, 3.63) is 60.2 Å². The van der Waals surface area contributed by atoms with Gasteiger partial charge in [0.05, 0.1) is 11.3 Å². The highest BCUT2D eigenvalue weighted by Gasteiger charge is 2.24. The van der Waals surface area contributed by atoms with Crippen LogP contribution in [-0.4, -0.2) is 37.0 Å². The normalized spacial score (nSPS) is 15.2. The Morgan fingerprint density at radius 1 is 1.04 bits per heavy atom. The fourth-order valence-corrected chi connectivity index (χ4v) is 3.31. The molecule has 4 nitrogen and oxygen atoms in total. The molecule has 25 heavy (non-hydrogen) atoms. The lowest BCUT2D eigenvalue weighted by Crippen LogP contribution is -2.40. The van der Waals surface area contributed by atoms with E-state index in [0.717, 1.165) is 56.0 Å². The van der Waals surface area contributed by atoms with Gasteiger partial charge < -0.3 is 15.5 Å². The van der Waals surface area contributed by atoms with Crippen LogP contribution in [0.4, 0.5) is 11.4 Å². The number of nitrogens with zero attached hydrogens (tertiary/aromatic N) is 1. The molecule has 0 radical (unpaired) electrons. The van der Waals surface area contributed by atoms with Crippen molar-refractivity contribution < 1.29 is 4.79 Å². The van der Waals surface area contributed by atoms with Crippen LogP contribution in [0.2, 0.25) is 0 Å². The molecular weight excluding hydrogens is 310 g/mol. The molecule has 1 heterocycles. The maximum Gasteiger partial charge on any atom is 0.255 e. The molecule has 3 rings (SSSR count). The van der Waals surface area contributed by atoms with E-state index in [-0.39, 0.29) is 5.91 Å². The third-order valence-corrected chi connectivity index (χ3v) is 4.80. The van der Waals surface area contributed by atoms with E-state index in [0.29, 0.717) is 5.92 Å². The van der Waals surface area contributed by atoms with Crippen LogP contribution in [-0.2, 0) is 0 Å². The number of carbonyl (C=O) groups excluding carboxylic acids is 1. The SMILES string of the molecule is CCNCC1CCN(C(=O)c2ccccc2Nc2ccccc2)CC1. The second kappa shape index (κ2) is 8.67. The molecule has 0 unspecified atom stereocenters. The minimum absolute atomic E-state index is 0.126. The molecule has 1 aliphatic heterocycles. The third kappa shape index (κ3) is 4.60. The first-order valence-corrected chi connectivity index (χ1v) is 9.19. The first kappa shape index (κ1) is 17.5. The van der Waals surface area contributed by atoms with Crippen LogP contribution in [0.3, 0.4) is 0 Å². The molecule has 1 saturated heterocycles. The van der Waals surface area contributed by atoms with Crippen LogP contribution in [0.25, 0.3) is 0 Å². The first-order chi connectivity index (χ1) is 12.3. The minimum Gasteiger partial charge on any atom is -0.355 e. The maximum absolute atomic E-state index is 13.0. The molecule has 132 valence electrons. The molecule has 0 aromatic heterocycles. The molecule has 0 aliphatic carbocycles. The molecular formula is C21H27N3O. The van der Waals surface area contributed by atoms with E-state index in [9.17, 15) is 4.79 Å². The number of benzene rings is 2. The summed E-state index contributed by atoms with van der Waals surface area (Å²) in [7, 11) is 0. The average molecular weight is 337 g/mol. The van der Waals surface area contributed by atoms with Gasteiger partial charge in [0, 0.05) is 18.8 Å². The number of hydrogen-bond donors (Lipinski definition) is 2. The van der Waals surface area contributed by atoms with Crippen LogP contribution >= 0.6 is 0 Å². The van der Waals surface area contributed by atoms with Gasteiger partial charge >= 0.3 is 0 Å². The van der Waals surface area contributed by atoms with E-state index in [4.69, 9.17) is 0 Å². The van der Waals surface area contributed by atoms with Crippen LogP contribution in [0.5, 0.6) is 0 Å². The molecule has 0 atom stereocenters. The van der Waals surface area contributed by atoms with Crippen molar-refractivity contribution in [3.8, 4) is 0 Å². The summed E-state index contributed by atoms with van der Waals surface area (Å²) in [6.07, 6.45) is 2.15. The van der Waals surface area contributed by atoms with Crippen LogP contribution in [0.15, 0.2) is 54.6 Å². The van der Waals surface area contributed by atoms with Gasteiger partial charge in [-0.15, -0.1) is 0 Å².